The van der Waals surface area contributed by atoms with Gasteiger partial charge in [-0.2, -0.15) is 0 Å². The Bertz CT molecular complexity index is 311. The predicted octanol–water partition coefficient (Wildman–Crippen LogP) is 2.21. The second-order valence-corrected chi connectivity index (χ2v) is 6.05. The van der Waals surface area contributed by atoms with Gasteiger partial charge in [-0.05, 0) is 25.3 Å². The van der Waals surface area contributed by atoms with Gasteiger partial charge in [0, 0.05) is 17.6 Å². The van der Waals surface area contributed by atoms with E-state index in [2.05, 4.69) is 33.1 Å². The van der Waals surface area contributed by atoms with E-state index in [9.17, 15) is 4.79 Å². The molecule has 1 saturated carbocycles. The molecule has 0 radical (unpaired) electrons. The molecule has 1 amide bonds. The average molecular weight is 324 g/mol. The highest BCUT2D eigenvalue weighted by Crippen LogP contribution is 2.43. The Morgan fingerprint density at radius 1 is 1.53 bits per heavy atom. The molecule has 1 aliphatic heterocycles. The third-order valence-corrected chi connectivity index (χ3v) is 4.21. The summed E-state index contributed by atoms with van der Waals surface area (Å²) in [6.07, 6.45) is 4.67. The van der Waals surface area contributed by atoms with Crippen LogP contribution in [-0.2, 0) is 4.79 Å². The molecule has 2 fully saturated rings. The van der Waals surface area contributed by atoms with Crippen LogP contribution in [0.2, 0.25) is 0 Å². The van der Waals surface area contributed by atoms with Crippen molar-refractivity contribution in [1.82, 2.24) is 10.6 Å². The second kappa shape index (κ2) is 6.21. The van der Waals surface area contributed by atoms with Gasteiger partial charge in [0.15, 0.2) is 0 Å². The first-order valence-corrected chi connectivity index (χ1v) is 6.77. The molecule has 1 aliphatic carbocycles. The van der Waals surface area contributed by atoms with Crippen molar-refractivity contribution in [3.63, 3.8) is 0 Å². The van der Waals surface area contributed by atoms with Crippen LogP contribution >= 0.6 is 28.3 Å². The largest absolute Gasteiger partial charge is 0.351 e. The highest BCUT2D eigenvalue weighted by Gasteiger charge is 2.49. The van der Waals surface area contributed by atoms with Crippen LogP contribution in [0.3, 0.4) is 0 Å². The SMILES string of the molecule is C=C(Br)CNC(=O)[C@@]12CCCC[C@H]1CNC2.Cl. The summed E-state index contributed by atoms with van der Waals surface area (Å²) in [5, 5.41) is 6.37. The van der Waals surface area contributed by atoms with Crippen LogP contribution in [0.5, 0.6) is 0 Å². The summed E-state index contributed by atoms with van der Waals surface area (Å²) in [5.41, 5.74) is -0.138. The Kier molecular flexibility index (Phi) is 5.48. The van der Waals surface area contributed by atoms with E-state index in [1.165, 1.54) is 19.3 Å². The molecule has 0 bridgehead atoms. The predicted molar refractivity (Wildman–Crippen MR) is 75.6 cm³/mol. The Labute approximate surface area is 117 Å². The van der Waals surface area contributed by atoms with Gasteiger partial charge in [-0.25, -0.2) is 0 Å². The van der Waals surface area contributed by atoms with E-state index in [1.54, 1.807) is 0 Å². The number of fused-ring (bicyclic) bond motifs is 1. The molecule has 98 valence electrons. The molecule has 1 heterocycles. The quantitative estimate of drug-likeness (QED) is 0.836. The topological polar surface area (TPSA) is 41.1 Å². The fourth-order valence-electron chi connectivity index (χ4n) is 3.04. The molecule has 5 heteroatoms. The molecule has 3 nitrogen and oxygen atoms in total. The highest BCUT2D eigenvalue weighted by atomic mass is 79.9. The van der Waals surface area contributed by atoms with Gasteiger partial charge in [-0.3, -0.25) is 4.79 Å². The van der Waals surface area contributed by atoms with Crippen LogP contribution in [0.25, 0.3) is 0 Å². The second-order valence-electron chi connectivity index (χ2n) is 4.93. The van der Waals surface area contributed by atoms with Crippen LogP contribution < -0.4 is 10.6 Å². The molecule has 0 aromatic carbocycles. The van der Waals surface area contributed by atoms with Gasteiger partial charge in [-0.15, -0.1) is 12.4 Å². The zero-order valence-corrected chi connectivity index (χ0v) is 12.3. The van der Waals surface area contributed by atoms with E-state index in [-0.39, 0.29) is 23.7 Å². The van der Waals surface area contributed by atoms with Gasteiger partial charge in [0.05, 0.1) is 5.41 Å². The van der Waals surface area contributed by atoms with Crippen LogP contribution in [0.1, 0.15) is 25.7 Å². The molecule has 0 aromatic heterocycles. The van der Waals surface area contributed by atoms with Crippen molar-refractivity contribution in [2.75, 3.05) is 19.6 Å². The van der Waals surface area contributed by atoms with Gasteiger partial charge in [-0.1, -0.05) is 35.4 Å². The van der Waals surface area contributed by atoms with E-state index in [1.807, 2.05) is 0 Å². The van der Waals surface area contributed by atoms with E-state index in [0.717, 1.165) is 24.0 Å². The Balaban J connectivity index is 0.00000144. The number of rotatable bonds is 3. The van der Waals surface area contributed by atoms with Gasteiger partial charge in [0.2, 0.25) is 5.91 Å². The molecule has 2 rings (SSSR count). The minimum atomic E-state index is -0.138. The maximum absolute atomic E-state index is 12.3. The minimum absolute atomic E-state index is 0. The standard InChI is InChI=1S/C12H19BrN2O.ClH/c1-9(13)6-15-11(16)12-5-3-2-4-10(12)7-14-8-12;/h10,14H,1-8H2,(H,15,16);1H/t10-,12+;/m0./s1. The van der Waals surface area contributed by atoms with Gasteiger partial charge in [0.25, 0.3) is 0 Å². The summed E-state index contributed by atoms with van der Waals surface area (Å²) >= 11 is 3.27. The third kappa shape index (κ3) is 3.04. The Hall–Kier alpha value is -0.0600. The first-order valence-electron chi connectivity index (χ1n) is 5.97. The normalized spacial score (nSPS) is 31.2. The number of carbonyl (C=O) groups is 1. The fourth-order valence-corrected chi connectivity index (χ4v) is 3.18. The van der Waals surface area contributed by atoms with E-state index < -0.39 is 0 Å². The number of halogens is 2. The summed E-state index contributed by atoms with van der Waals surface area (Å²) in [4.78, 5) is 12.3. The molecule has 17 heavy (non-hydrogen) atoms. The molecule has 2 atom stereocenters. The Morgan fingerprint density at radius 2 is 2.29 bits per heavy atom. The number of hydrogen-bond acceptors (Lipinski definition) is 2. The zero-order valence-electron chi connectivity index (χ0n) is 9.93. The molecule has 0 spiro atoms. The molecular weight excluding hydrogens is 304 g/mol. The maximum Gasteiger partial charge on any atom is 0.228 e. The lowest BCUT2D eigenvalue weighted by molar-refractivity contribution is -0.133. The van der Waals surface area contributed by atoms with Crippen LogP contribution in [0.15, 0.2) is 11.1 Å². The number of carbonyl (C=O) groups excluding carboxylic acids is 1. The highest BCUT2D eigenvalue weighted by molar-refractivity contribution is 9.11. The molecule has 0 unspecified atom stereocenters. The van der Waals surface area contributed by atoms with Gasteiger partial charge in [0.1, 0.15) is 0 Å². The van der Waals surface area contributed by atoms with Crippen molar-refractivity contribution >= 4 is 34.2 Å². The smallest absolute Gasteiger partial charge is 0.228 e. The minimum Gasteiger partial charge on any atom is -0.351 e. The van der Waals surface area contributed by atoms with Crippen molar-refractivity contribution in [2.24, 2.45) is 11.3 Å². The first kappa shape index (κ1) is 15.0. The van der Waals surface area contributed by atoms with Crippen molar-refractivity contribution < 1.29 is 4.79 Å². The number of nitrogens with one attached hydrogen (secondary N) is 2. The van der Waals surface area contributed by atoms with Crippen molar-refractivity contribution in [1.29, 1.82) is 0 Å². The molecular formula is C12H20BrClN2O. The lowest BCUT2D eigenvalue weighted by atomic mass is 9.67. The third-order valence-electron chi connectivity index (χ3n) is 3.93. The van der Waals surface area contributed by atoms with Gasteiger partial charge >= 0.3 is 0 Å². The molecule has 2 N–H and O–H groups in total. The number of amides is 1. The monoisotopic (exact) mass is 322 g/mol. The molecule has 1 saturated heterocycles. The lowest BCUT2D eigenvalue weighted by Crippen LogP contribution is -2.48. The summed E-state index contributed by atoms with van der Waals surface area (Å²) in [6, 6.07) is 0. The van der Waals surface area contributed by atoms with E-state index in [0.29, 0.717) is 12.5 Å². The molecule has 2 aliphatic rings. The van der Waals surface area contributed by atoms with Crippen molar-refractivity contribution in [3.8, 4) is 0 Å². The van der Waals surface area contributed by atoms with Crippen LogP contribution in [0.4, 0.5) is 0 Å². The van der Waals surface area contributed by atoms with E-state index in [4.69, 9.17) is 0 Å². The fraction of sp³-hybridized carbons (Fsp3) is 0.750. The zero-order chi connectivity index (χ0) is 11.6. The summed E-state index contributed by atoms with van der Waals surface area (Å²) in [5.74, 6) is 0.743. The van der Waals surface area contributed by atoms with Gasteiger partial charge < -0.3 is 10.6 Å². The molecule has 0 aromatic rings. The maximum atomic E-state index is 12.3. The number of hydrogen-bond donors (Lipinski definition) is 2. The summed E-state index contributed by atoms with van der Waals surface area (Å²) in [7, 11) is 0. The van der Waals surface area contributed by atoms with Crippen molar-refractivity contribution in [2.45, 2.75) is 25.7 Å². The van der Waals surface area contributed by atoms with E-state index >= 15 is 0 Å². The van der Waals surface area contributed by atoms with Crippen LogP contribution in [0, 0.1) is 11.3 Å². The Morgan fingerprint density at radius 3 is 3.00 bits per heavy atom. The average Bonchev–Trinajstić information content (AvgIpc) is 2.70. The summed E-state index contributed by atoms with van der Waals surface area (Å²) < 4.78 is 0.829. The van der Waals surface area contributed by atoms with Crippen molar-refractivity contribution in [3.05, 3.63) is 11.1 Å². The summed E-state index contributed by atoms with van der Waals surface area (Å²) in [6.45, 7) is 6.12. The van der Waals surface area contributed by atoms with Crippen LogP contribution in [-0.4, -0.2) is 25.5 Å². The lowest BCUT2D eigenvalue weighted by Gasteiger charge is -2.37. The first-order chi connectivity index (χ1) is 7.65.